The number of benzene rings is 8. The van der Waals surface area contributed by atoms with E-state index in [1.54, 1.807) is 150 Å². The number of quaternary nitrogens is 1. The third-order valence-electron chi connectivity index (χ3n) is 18.0. The van der Waals surface area contributed by atoms with Crippen LogP contribution in [-0.4, -0.2) is 148 Å². The summed E-state index contributed by atoms with van der Waals surface area (Å²) in [5.41, 5.74) is 12.9. The first-order valence-corrected chi connectivity index (χ1v) is 45.1. The summed E-state index contributed by atoms with van der Waals surface area (Å²) in [7, 11) is 0. The van der Waals surface area contributed by atoms with E-state index in [1.807, 2.05) is 32.0 Å². The lowest BCUT2D eigenvalue weighted by Gasteiger charge is -2.60. The van der Waals surface area contributed by atoms with Gasteiger partial charge in [-0.25, -0.2) is 24.3 Å². The second kappa shape index (κ2) is 56.8. The minimum atomic E-state index is -0.903. The van der Waals surface area contributed by atoms with Crippen molar-refractivity contribution < 1.29 is 64.9 Å². The Balaban J connectivity index is 0.000000306. The Morgan fingerprint density at radius 1 is 0.452 bits per heavy atom. The van der Waals surface area contributed by atoms with Gasteiger partial charge in [-0.15, -0.1) is 12.4 Å². The van der Waals surface area contributed by atoms with Crippen molar-refractivity contribution in [1.82, 2.24) is 33.4 Å². The summed E-state index contributed by atoms with van der Waals surface area (Å²) in [5.74, 6) is -0.930. The Morgan fingerprint density at radius 2 is 0.770 bits per heavy atom. The number of aliphatic carboxylic acids is 1. The normalized spacial score (nSPS) is 14.6. The summed E-state index contributed by atoms with van der Waals surface area (Å²) >= 11 is 102. The summed E-state index contributed by atoms with van der Waals surface area (Å²) in [6.45, 7) is 15.1. The summed E-state index contributed by atoms with van der Waals surface area (Å²) in [4.78, 5) is 112. The molecule has 0 unspecified atom stereocenters. The third-order valence-corrected chi connectivity index (χ3v) is 23.5. The molecule has 2 aromatic heterocycles. The zero-order valence-corrected chi connectivity index (χ0v) is 84.5. The van der Waals surface area contributed by atoms with Gasteiger partial charge in [0, 0.05) is 162 Å². The van der Waals surface area contributed by atoms with Gasteiger partial charge in [0.15, 0.2) is 11.6 Å². The molecule has 8 aromatic carbocycles. The first-order valence-electron chi connectivity index (χ1n) is 37.6. The molecule has 680 valence electrons. The summed E-state index contributed by atoms with van der Waals surface area (Å²) in [6, 6.07) is 41.0. The number of esters is 1. The molecule has 0 amide bonds. The van der Waals surface area contributed by atoms with Crippen LogP contribution in [0.5, 0.6) is 0 Å². The number of hydrogen-bond acceptors (Lipinski definition) is 14. The van der Waals surface area contributed by atoms with Crippen molar-refractivity contribution in [1.29, 1.82) is 0 Å². The molecule has 6 heterocycles. The van der Waals surface area contributed by atoms with Crippen molar-refractivity contribution in [3.63, 3.8) is 0 Å². The van der Waals surface area contributed by atoms with Gasteiger partial charge in [0.25, 0.3) is 0 Å². The molecule has 4 fully saturated rings. The molecule has 20 nitrogen and oxygen atoms in total. The molecular formula is C86H85Br2Cl18N9O11. The van der Waals surface area contributed by atoms with Gasteiger partial charge in [-0.05, 0) is 181 Å². The van der Waals surface area contributed by atoms with Crippen molar-refractivity contribution >= 4 is 266 Å². The lowest BCUT2D eigenvalue weighted by molar-refractivity contribution is -0.973. The first kappa shape index (κ1) is 113. The minimum Gasteiger partial charge on any atom is -1.00 e. The number of ketones is 4. The van der Waals surface area contributed by atoms with E-state index in [0.717, 1.165) is 89.3 Å². The van der Waals surface area contributed by atoms with Crippen LogP contribution >= 0.6 is 226 Å². The van der Waals surface area contributed by atoms with E-state index in [2.05, 4.69) is 35.6 Å². The fraction of sp³-hybridized carbons (Fsp3) is 0.291. The van der Waals surface area contributed by atoms with E-state index in [4.69, 9.17) is 213 Å². The number of carboxylic acids is 1. The second-order valence-electron chi connectivity index (χ2n) is 28.0. The SMILES string of the molecule is CC(=O)Cc1ccc(Cl)cc1Cl.CCOC(=O)Cn1cc(Cc2ccc(Cl)cc2Cl)n(CC)c1=O.CCn1c(Cc2ccc(Cl)cc2Cl)c[nH]c1=O.Cl.NCC(=O)Cc1ccc(Cl)cc1Cl.O=C(CBr)Cc1ccc(Cl)cc1Cl.O=C(Cc1ccc(Cl)cc1Cl)C[N+]12CN3CN(CN(C3)C1)C2.O=C(Cl)Cc1ccc(Cl)cc1Cl.O=C(O)Cc1ccc(Cl)cc1Cl.[Br-]. The number of ether oxygens (including phenoxy) is 1. The zero-order chi connectivity index (χ0) is 91.8. The second-order valence-corrected chi connectivity index (χ2v) is 35.7. The van der Waals surface area contributed by atoms with Crippen molar-refractivity contribution in [2.75, 3.05) is 65.0 Å². The smallest absolute Gasteiger partial charge is 0.328 e. The van der Waals surface area contributed by atoms with E-state index in [0.29, 0.717) is 149 Å². The van der Waals surface area contributed by atoms with Crippen LogP contribution in [0.25, 0.3) is 0 Å². The van der Waals surface area contributed by atoms with Gasteiger partial charge in [0.05, 0.1) is 44.9 Å². The van der Waals surface area contributed by atoms with Gasteiger partial charge >= 0.3 is 23.3 Å². The summed E-state index contributed by atoms with van der Waals surface area (Å²) in [5, 5.41) is 17.2. The topological polar surface area (TPSA) is 249 Å². The van der Waals surface area contributed by atoms with Crippen molar-refractivity contribution in [2.24, 2.45) is 5.73 Å². The Bertz CT molecular complexity index is 5270. The van der Waals surface area contributed by atoms with Gasteiger partial charge in [-0.2, -0.15) is 0 Å². The number of aromatic nitrogens is 4. The van der Waals surface area contributed by atoms with Crippen LogP contribution in [0.2, 0.25) is 80.4 Å². The molecule has 4 bridgehead atoms. The number of alkyl halides is 1. The number of carbonyl (C=O) groups excluding carboxylic acids is 6. The Labute approximate surface area is 840 Å². The van der Waals surface area contributed by atoms with Crippen molar-refractivity contribution in [3.8, 4) is 0 Å². The van der Waals surface area contributed by atoms with E-state index in [9.17, 15) is 43.2 Å². The fourth-order valence-corrected chi connectivity index (χ4v) is 16.9. The van der Waals surface area contributed by atoms with E-state index < -0.39 is 17.2 Å². The maximum absolute atomic E-state index is 12.6. The Kier molecular flexibility index (Phi) is 51.1. The van der Waals surface area contributed by atoms with Crippen LogP contribution in [0.4, 0.5) is 0 Å². The van der Waals surface area contributed by atoms with Crippen LogP contribution < -0.4 is 34.1 Å². The molecule has 4 aliphatic heterocycles. The number of Topliss-reactive ketones (excluding diaryl/α,β-unsaturated/α-hetero) is 4. The average molecular weight is 2220 g/mol. The summed E-state index contributed by atoms with van der Waals surface area (Å²) in [6.07, 6.45) is 5.93. The molecule has 0 aliphatic carbocycles. The molecule has 0 saturated carbocycles. The van der Waals surface area contributed by atoms with Crippen LogP contribution in [0.15, 0.2) is 168 Å². The van der Waals surface area contributed by atoms with Crippen molar-refractivity contribution in [2.45, 2.75) is 98.7 Å². The maximum atomic E-state index is 12.6. The largest absolute Gasteiger partial charge is 1.00 e. The monoisotopic (exact) mass is 2210 g/mol. The first-order chi connectivity index (χ1) is 58.6. The lowest BCUT2D eigenvalue weighted by atomic mass is 10.1. The average Bonchev–Trinajstić information content (AvgIpc) is 1.66. The lowest BCUT2D eigenvalue weighted by Crippen LogP contribution is -3.00. The van der Waals surface area contributed by atoms with Crippen LogP contribution in [-0.2, 0) is 109 Å². The minimum absolute atomic E-state index is 0. The molecule has 0 spiro atoms. The van der Waals surface area contributed by atoms with E-state index in [-0.39, 0.29) is 103 Å². The summed E-state index contributed by atoms with van der Waals surface area (Å²) < 4.78 is 10.4. The molecule has 14 rings (SSSR count). The molecule has 4 saturated heterocycles. The number of H-pyrrole nitrogens is 1. The number of nitrogens with one attached hydrogen (secondary N) is 1. The molecule has 126 heavy (non-hydrogen) atoms. The molecule has 40 heteroatoms. The van der Waals surface area contributed by atoms with Gasteiger partial charge in [0.2, 0.25) is 5.24 Å². The molecular weight excluding hydrogens is 2130 g/mol. The van der Waals surface area contributed by atoms with E-state index >= 15 is 0 Å². The Hall–Kier alpha value is -4.95. The van der Waals surface area contributed by atoms with Crippen LogP contribution in [0, 0.1) is 0 Å². The maximum Gasteiger partial charge on any atom is 0.328 e. The third kappa shape index (κ3) is 38.7. The van der Waals surface area contributed by atoms with Crippen LogP contribution in [0.1, 0.15) is 83.6 Å². The quantitative estimate of drug-likeness (QED) is 0.0208. The number of carbonyl (C=O) groups is 7. The highest BCUT2D eigenvalue weighted by molar-refractivity contribution is 9.09. The predicted octanol–water partition coefficient (Wildman–Crippen LogP) is 19.9. The highest BCUT2D eigenvalue weighted by Gasteiger charge is 2.49. The number of imidazole rings is 2. The molecule has 10 aromatic rings. The highest BCUT2D eigenvalue weighted by Crippen LogP contribution is 2.32. The van der Waals surface area contributed by atoms with E-state index in [1.165, 1.54) is 17.6 Å². The zero-order valence-electron chi connectivity index (χ0n) is 67.7. The number of rotatable bonds is 25. The molecule has 4 N–H and O–H groups in total. The number of halogens is 20. The van der Waals surface area contributed by atoms with Gasteiger partial charge < -0.3 is 37.5 Å². The standard InChI is InChI=1S/C16H18Cl2N2O3.C15H19Cl2N4O.C12H12Cl2N2O.C9H7BrCl2O.C9H9Cl2NO.C9H8Cl2O.C8H5Cl3O.C8H6Cl2O2.BrH.ClH/c1-3-20-13(7-11-5-6-12(17)8-14(11)18)9-19(16(20)22)10-15(21)23-4-2;16-13-2-1-12(15(17)4-13)3-14(22)5-21-9-18-6-19(10-21)8-20(7-18)11-21;1-2-16-10(7-15-12(16)17)5-8-3-4-9(13)6-11(8)14;10-5-8(13)3-6-1-2-7(11)4-9(6)12;10-7-2-1-6(9(11)4-7)3-8(13)5-12;1-6(12)4-7-2-3-8(10)5-9(7)11;2*9-6-2-1-5(3-8(11)12)7(10)4-6;;/h5-6,8-9H,3-4,7,10H2,1-2H3;1-2,4H,3,5-11H2;3-4,6-7H,2,5H2,1H3,(H,15,17);1-2,4H,3,5H2;1-2,4H,3,5,12H2;2-3,5H,4H2,1H3;1-2,4H,3H2;1-2,4H,3H2,(H,11,12);2*1H/q;+1;;;;;;;;/p-1. The molecule has 0 atom stereocenters. The molecule has 0 radical (unpaired) electrons. The Morgan fingerprint density at radius 3 is 1.08 bits per heavy atom. The van der Waals surface area contributed by atoms with Gasteiger partial charge in [0.1, 0.15) is 44.7 Å². The predicted molar refractivity (Wildman–Crippen MR) is 515 cm³/mol. The van der Waals surface area contributed by atoms with Gasteiger partial charge in [-0.1, -0.05) is 250 Å². The van der Waals surface area contributed by atoms with Crippen molar-refractivity contribution in [3.05, 3.63) is 315 Å². The number of nitrogens with two attached hydrogens (primary N) is 1. The number of carboxylic acid groups (broad SMARTS) is 1. The number of aromatic amines is 1. The molecule has 4 aliphatic rings. The number of nitrogens with zero attached hydrogens (tertiary/aromatic N) is 7. The highest BCUT2D eigenvalue weighted by atomic mass is 79.9. The fourth-order valence-electron chi connectivity index (χ4n) is 12.7. The number of hydrogen-bond donors (Lipinski definition) is 3. The van der Waals surface area contributed by atoms with Crippen LogP contribution in [0.3, 0.4) is 0 Å². The van der Waals surface area contributed by atoms with Gasteiger partial charge in [-0.3, -0.25) is 51.7 Å².